The number of hydrogen-bond donors (Lipinski definition) is 0. The summed E-state index contributed by atoms with van der Waals surface area (Å²) in [5, 5.41) is 8.29. The van der Waals surface area contributed by atoms with E-state index < -0.39 is 14.6 Å². The summed E-state index contributed by atoms with van der Waals surface area (Å²) in [5.74, 6) is 0.226. The lowest BCUT2D eigenvalue weighted by molar-refractivity contribution is 0.586. The van der Waals surface area contributed by atoms with Crippen molar-refractivity contribution in [1.29, 1.82) is 0 Å². The van der Waals surface area contributed by atoms with Crippen LogP contribution in [0.1, 0.15) is 24.5 Å². The molecule has 0 aromatic heterocycles. The maximum atomic E-state index is 16.5. The van der Waals surface area contributed by atoms with Crippen LogP contribution in [0.2, 0.25) is 0 Å². The fourth-order valence-corrected chi connectivity index (χ4v) is 21.8. The van der Waals surface area contributed by atoms with Crippen molar-refractivity contribution in [1.82, 2.24) is 0 Å². The lowest BCUT2D eigenvalue weighted by Gasteiger charge is -2.44. The highest BCUT2D eigenvalue weighted by molar-refractivity contribution is 7.81. The number of benzene rings is 13. The van der Waals surface area contributed by atoms with Crippen LogP contribution in [0.15, 0.2) is 291 Å². The van der Waals surface area contributed by atoms with Crippen molar-refractivity contribution < 1.29 is 9.13 Å². The van der Waals surface area contributed by atoms with E-state index in [-0.39, 0.29) is 5.92 Å². The van der Waals surface area contributed by atoms with E-state index in [9.17, 15) is 0 Å². The van der Waals surface area contributed by atoms with Gasteiger partial charge in [-0.25, -0.2) is 0 Å². The summed E-state index contributed by atoms with van der Waals surface area (Å²) < 4.78 is 37.2. The largest absolute Gasteiger partial charge is 0.289 e. The minimum absolute atomic E-state index is 0.226. The van der Waals surface area contributed by atoms with E-state index in [0.29, 0.717) is 0 Å². The van der Waals surface area contributed by atoms with E-state index in [2.05, 4.69) is 283 Å². The van der Waals surface area contributed by atoms with Gasteiger partial charge in [0.05, 0.1) is 22.7 Å². The van der Waals surface area contributed by atoms with Gasteiger partial charge in [0.2, 0.25) is 14.6 Å². The molecular formula is C81H54N2O2P2. The van der Waals surface area contributed by atoms with Crippen molar-refractivity contribution in [3.8, 4) is 77.9 Å². The average molecular weight is 1150 g/mol. The van der Waals surface area contributed by atoms with Crippen molar-refractivity contribution in [3.63, 3.8) is 0 Å². The predicted octanol–water partition coefficient (Wildman–Crippen LogP) is 20.6. The molecule has 4 heterocycles. The summed E-state index contributed by atoms with van der Waals surface area (Å²) in [5.41, 5.74) is 24.1. The Bertz CT molecular complexity index is 5320. The topological polar surface area (TPSA) is 40.6 Å². The highest BCUT2D eigenvalue weighted by Crippen LogP contribution is 2.68. The Hall–Kier alpha value is -10.1. The molecule has 0 fully saturated rings. The second-order valence-electron chi connectivity index (χ2n) is 23.8. The zero-order valence-electron chi connectivity index (χ0n) is 47.6. The third kappa shape index (κ3) is 7.21. The Morgan fingerprint density at radius 1 is 0.299 bits per heavy atom. The fraction of sp³-hybridized carbons (Fsp3) is 0.0370. The summed E-state index contributed by atoms with van der Waals surface area (Å²) in [6.07, 6.45) is 5.55. The lowest BCUT2D eigenvalue weighted by atomic mass is 9.80. The predicted molar refractivity (Wildman–Crippen MR) is 367 cm³/mol. The minimum Gasteiger partial charge on any atom is -0.289 e. The smallest absolute Gasteiger partial charge is 0.235 e. The third-order valence-corrected chi connectivity index (χ3v) is 25.4. The summed E-state index contributed by atoms with van der Waals surface area (Å²) in [6.45, 7) is 2.36. The first-order valence-electron chi connectivity index (χ1n) is 30.1. The van der Waals surface area contributed by atoms with Crippen LogP contribution in [-0.2, 0) is 9.13 Å². The third-order valence-electron chi connectivity index (χ3n) is 19.2. The van der Waals surface area contributed by atoms with Gasteiger partial charge >= 0.3 is 0 Å². The molecule has 0 N–H and O–H groups in total. The van der Waals surface area contributed by atoms with Crippen LogP contribution < -0.4 is 30.6 Å². The van der Waals surface area contributed by atoms with E-state index in [1.54, 1.807) is 0 Å². The van der Waals surface area contributed by atoms with Crippen molar-refractivity contribution >= 4 is 91.2 Å². The summed E-state index contributed by atoms with van der Waals surface area (Å²) in [6, 6.07) is 99.5. The summed E-state index contributed by atoms with van der Waals surface area (Å²) in [7, 11) is -6.77. The Morgan fingerprint density at radius 2 is 0.678 bits per heavy atom. The molecule has 410 valence electrons. The van der Waals surface area contributed by atoms with Gasteiger partial charge in [0, 0.05) is 43.5 Å². The Morgan fingerprint density at radius 3 is 1.21 bits per heavy atom. The van der Waals surface area contributed by atoms with Crippen LogP contribution >= 0.6 is 14.6 Å². The monoisotopic (exact) mass is 1150 g/mol. The molecular weight excluding hydrogens is 1090 g/mol. The Balaban J connectivity index is 0.718. The first-order valence-corrected chi connectivity index (χ1v) is 33.4. The van der Waals surface area contributed by atoms with Gasteiger partial charge in [0.1, 0.15) is 0 Å². The zero-order chi connectivity index (χ0) is 57.7. The maximum Gasteiger partial charge on any atom is 0.235 e. The quantitative estimate of drug-likeness (QED) is 0.161. The number of hydrogen-bond acceptors (Lipinski definition) is 2. The molecule has 4 aliphatic heterocycles. The molecule has 0 saturated carbocycles. The van der Waals surface area contributed by atoms with Crippen LogP contribution in [-0.4, -0.2) is 0 Å². The second kappa shape index (κ2) is 19.0. The number of fused-ring (bicyclic) bond motifs is 24. The fourth-order valence-electron chi connectivity index (χ4n) is 15.2. The standard InChI is InChI=1S/C81H54N2O2P2/c1-51-46-54(56-36-43-75-71(48-56)67-26-10-14-31-79(67)86(84)78-30-13-9-25-66(78)70-47-55(35-42-74(70)82(75)86)52-18-3-2-4-19-52)34-39-59(51)65-41-40-62(63-23-7-8-24-64(63)65)58-38-45-77-73(50-58)69-28-12-16-33-81(69)87(85)80-32-15-11-27-68(80)72-49-57(37-44-76(72)83(77)87)61-29-17-21-53-20-5-6-22-60(53)61/h2-45,47-51H,46H2,1H3. The molecule has 6 heteroatoms. The molecule has 3 atom stereocenters. The molecule has 18 rings (SSSR count). The van der Waals surface area contributed by atoms with Crippen LogP contribution in [0, 0.1) is 5.92 Å². The molecule has 0 spiro atoms. The van der Waals surface area contributed by atoms with Crippen LogP contribution in [0.5, 0.6) is 0 Å². The van der Waals surface area contributed by atoms with Gasteiger partial charge in [0.15, 0.2) is 0 Å². The van der Waals surface area contributed by atoms with Crippen molar-refractivity contribution in [2.24, 2.45) is 5.92 Å². The second-order valence-corrected chi connectivity index (χ2v) is 28.8. The van der Waals surface area contributed by atoms with Gasteiger partial charge in [-0.2, -0.15) is 0 Å². The van der Waals surface area contributed by atoms with E-state index in [4.69, 9.17) is 0 Å². The zero-order valence-corrected chi connectivity index (χ0v) is 49.4. The number of allylic oxidation sites excluding steroid dienone is 4. The van der Waals surface area contributed by atoms with Crippen LogP contribution in [0.3, 0.4) is 0 Å². The van der Waals surface area contributed by atoms with E-state index in [1.807, 2.05) is 24.3 Å². The van der Waals surface area contributed by atoms with Gasteiger partial charge in [-0.05, 0) is 185 Å². The van der Waals surface area contributed by atoms with E-state index in [0.717, 1.165) is 123 Å². The normalized spacial score (nSPS) is 18.1. The number of rotatable bonds is 5. The molecule has 0 radical (unpaired) electrons. The van der Waals surface area contributed by atoms with Gasteiger partial charge in [-0.15, -0.1) is 0 Å². The maximum absolute atomic E-state index is 16.5. The Kier molecular flexibility index (Phi) is 11.0. The number of nitrogens with zero attached hydrogens (tertiary/aromatic N) is 2. The van der Waals surface area contributed by atoms with E-state index in [1.165, 1.54) is 49.4 Å². The molecule has 5 aliphatic rings. The minimum atomic E-state index is -3.41. The molecule has 13 aromatic carbocycles. The van der Waals surface area contributed by atoms with Gasteiger partial charge in [-0.1, -0.05) is 225 Å². The van der Waals surface area contributed by atoms with Gasteiger partial charge in [-0.3, -0.25) is 18.5 Å². The number of anilines is 4. The lowest BCUT2D eigenvalue weighted by Crippen LogP contribution is -2.37. The molecule has 0 bridgehead atoms. The van der Waals surface area contributed by atoms with Crippen LogP contribution in [0.25, 0.3) is 111 Å². The van der Waals surface area contributed by atoms with Crippen molar-refractivity contribution in [2.75, 3.05) is 9.34 Å². The first-order chi connectivity index (χ1) is 42.8. The highest BCUT2D eigenvalue weighted by atomic mass is 31.2. The molecule has 4 nitrogen and oxygen atoms in total. The molecule has 13 aromatic rings. The molecule has 0 saturated heterocycles. The molecule has 1 aliphatic carbocycles. The van der Waals surface area contributed by atoms with Crippen LogP contribution in [0.4, 0.5) is 22.7 Å². The van der Waals surface area contributed by atoms with Crippen molar-refractivity contribution in [3.05, 3.63) is 302 Å². The first kappa shape index (κ1) is 50.3. The van der Waals surface area contributed by atoms with Gasteiger partial charge in [0.25, 0.3) is 0 Å². The average Bonchev–Trinajstić information content (AvgIpc) is 1.16. The molecule has 3 unspecified atom stereocenters. The Labute approximate surface area is 506 Å². The highest BCUT2D eigenvalue weighted by Gasteiger charge is 2.49. The summed E-state index contributed by atoms with van der Waals surface area (Å²) >= 11 is 0. The van der Waals surface area contributed by atoms with Crippen molar-refractivity contribution in [2.45, 2.75) is 13.3 Å². The SMILES string of the molecule is CC1CC(c2ccc3c(c2)-c2ccccc2P2(=O)c4ccccc4-c4cc(-c5ccccc5)ccc4N32)=CC=C1c1ccc(-c2ccc3c(c2)-c2ccccc2P2(=O)c4ccccc4-c4cc(-c5cccc6ccccc56)ccc4N32)c2ccccc12. The molecule has 87 heavy (non-hydrogen) atoms. The van der Waals surface area contributed by atoms with Gasteiger partial charge < -0.3 is 0 Å². The molecule has 0 amide bonds. The summed E-state index contributed by atoms with van der Waals surface area (Å²) in [4.78, 5) is 0. The van der Waals surface area contributed by atoms with E-state index >= 15 is 9.13 Å².